The van der Waals surface area contributed by atoms with Gasteiger partial charge in [0, 0.05) is 5.56 Å². The third kappa shape index (κ3) is 11.4. The first-order valence-corrected chi connectivity index (χ1v) is 10.5. The highest BCUT2D eigenvalue weighted by Crippen LogP contribution is 2.27. The topological polar surface area (TPSA) is 0 Å². The SMILES string of the molecule is CCCCCCCCCCCC[N+](C)(C)Cc1cccc(Cl)c1Cl.[Cl-]. The summed E-state index contributed by atoms with van der Waals surface area (Å²) in [6.07, 6.45) is 13.9. The summed E-state index contributed by atoms with van der Waals surface area (Å²) < 4.78 is 0.969. The van der Waals surface area contributed by atoms with E-state index in [9.17, 15) is 0 Å². The Kier molecular flexibility index (Phi) is 14.2. The van der Waals surface area contributed by atoms with Crippen LogP contribution in [0, 0.1) is 0 Å². The van der Waals surface area contributed by atoms with Crippen molar-refractivity contribution in [1.82, 2.24) is 0 Å². The monoisotopic (exact) mass is 407 g/mol. The number of rotatable bonds is 13. The van der Waals surface area contributed by atoms with Gasteiger partial charge in [-0.25, -0.2) is 0 Å². The highest BCUT2D eigenvalue weighted by Gasteiger charge is 2.18. The van der Waals surface area contributed by atoms with E-state index < -0.39 is 0 Å². The van der Waals surface area contributed by atoms with Crippen LogP contribution in [0.2, 0.25) is 10.0 Å². The first-order chi connectivity index (χ1) is 11.5. The van der Waals surface area contributed by atoms with E-state index in [1.54, 1.807) is 0 Å². The van der Waals surface area contributed by atoms with Crippen LogP contribution >= 0.6 is 23.2 Å². The summed E-state index contributed by atoms with van der Waals surface area (Å²) in [7, 11) is 4.57. The van der Waals surface area contributed by atoms with Gasteiger partial charge in [0.15, 0.2) is 0 Å². The van der Waals surface area contributed by atoms with Gasteiger partial charge in [0.25, 0.3) is 0 Å². The van der Waals surface area contributed by atoms with Gasteiger partial charge in [-0.05, 0) is 18.9 Å². The number of nitrogens with zero attached hydrogens (tertiary/aromatic N) is 1. The van der Waals surface area contributed by atoms with Gasteiger partial charge in [-0.2, -0.15) is 0 Å². The van der Waals surface area contributed by atoms with Crippen molar-refractivity contribution >= 4 is 23.2 Å². The largest absolute Gasteiger partial charge is 1.00 e. The van der Waals surface area contributed by atoms with Crippen LogP contribution in [0.3, 0.4) is 0 Å². The van der Waals surface area contributed by atoms with Crippen LogP contribution in [0.25, 0.3) is 0 Å². The number of quaternary nitrogens is 1. The van der Waals surface area contributed by atoms with E-state index in [2.05, 4.69) is 27.1 Å². The average molecular weight is 409 g/mol. The Bertz CT molecular complexity index is 460. The predicted molar refractivity (Wildman–Crippen MR) is 109 cm³/mol. The first-order valence-electron chi connectivity index (χ1n) is 9.71. The van der Waals surface area contributed by atoms with E-state index in [1.165, 1.54) is 70.8 Å². The Morgan fingerprint density at radius 2 is 1.32 bits per heavy atom. The van der Waals surface area contributed by atoms with Crippen molar-refractivity contribution in [2.75, 3.05) is 20.6 Å². The Morgan fingerprint density at radius 1 is 0.800 bits per heavy atom. The Labute approximate surface area is 172 Å². The van der Waals surface area contributed by atoms with Crippen molar-refractivity contribution < 1.29 is 16.9 Å². The summed E-state index contributed by atoms with van der Waals surface area (Å²) >= 11 is 12.4. The number of halogens is 3. The molecule has 146 valence electrons. The van der Waals surface area contributed by atoms with E-state index in [0.717, 1.165) is 16.6 Å². The molecule has 0 saturated heterocycles. The van der Waals surface area contributed by atoms with Crippen LogP contribution in [-0.4, -0.2) is 25.1 Å². The second-order valence-corrected chi connectivity index (χ2v) is 8.50. The molecule has 4 heteroatoms. The predicted octanol–water partition coefficient (Wildman–Crippen LogP) is 4.49. The third-order valence-corrected chi connectivity index (χ3v) is 5.60. The van der Waals surface area contributed by atoms with Crippen LogP contribution in [-0.2, 0) is 6.54 Å². The van der Waals surface area contributed by atoms with Gasteiger partial charge < -0.3 is 16.9 Å². The number of unbranched alkanes of at least 4 members (excludes halogenated alkanes) is 9. The molecule has 0 atom stereocenters. The minimum atomic E-state index is 0. The Balaban J connectivity index is 0.00000576. The van der Waals surface area contributed by atoms with Gasteiger partial charge in [-0.3, -0.25) is 0 Å². The lowest BCUT2D eigenvalue weighted by molar-refractivity contribution is -0.903. The van der Waals surface area contributed by atoms with Crippen LogP contribution in [0.15, 0.2) is 18.2 Å². The Morgan fingerprint density at radius 3 is 1.88 bits per heavy atom. The van der Waals surface area contributed by atoms with E-state index in [-0.39, 0.29) is 12.4 Å². The minimum Gasteiger partial charge on any atom is -1.00 e. The molecule has 0 saturated carbocycles. The summed E-state index contributed by atoms with van der Waals surface area (Å²) in [6.45, 7) is 4.41. The van der Waals surface area contributed by atoms with Crippen molar-refractivity contribution in [2.24, 2.45) is 0 Å². The molecule has 0 heterocycles. The second kappa shape index (κ2) is 14.2. The molecule has 0 aliphatic rings. The number of hydrogen-bond donors (Lipinski definition) is 0. The molecular weight excluding hydrogens is 373 g/mol. The Hall–Kier alpha value is 0.0500. The smallest absolute Gasteiger partial charge is 0.105 e. The molecule has 25 heavy (non-hydrogen) atoms. The lowest BCUT2D eigenvalue weighted by atomic mass is 10.1. The van der Waals surface area contributed by atoms with E-state index in [4.69, 9.17) is 23.2 Å². The van der Waals surface area contributed by atoms with Gasteiger partial charge in [0.1, 0.15) is 6.54 Å². The van der Waals surface area contributed by atoms with Crippen LogP contribution < -0.4 is 12.4 Å². The summed E-state index contributed by atoms with van der Waals surface area (Å²) in [5.41, 5.74) is 1.15. The molecule has 1 rings (SSSR count). The molecule has 1 aromatic rings. The van der Waals surface area contributed by atoms with Gasteiger partial charge in [0.05, 0.1) is 30.7 Å². The summed E-state index contributed by atoms with van der Waals surface area (Å²) in [6, 6.07) is 5.94. The third-order valence-electron chi connectivity index (χ3n) is 4.75. The highest BCUT2D eigenvalue weighted by atomic mass is 35.5. The summed E-state index contributed by atoms with van der Waals surface area (Å²) in [5.74, 6) is 0. The van der Waals surface area contributed by atoms with Gasteiger partial charge >= 0.3 is 0 Å². The molecule has 0 fully saturated rings. The molecule has 0 aromatic heterocycles. The molecular formula is C21H36Cl3N. The van der Waals surface area contributed by atoms with Crippen LogP contribution in [0.4, 0.5) is 0 Å². The van der Waals surface area contributed by atoms with Gasteiger partial charge in [-0.1, -0.05) is 93.6 Å². The molecule has 0 aliphatic heterocycles. The quantitative estimate of drug-likeness (QED) is 0.333. The summed E-state index contributed by atoms with van der Waals surface area (Å²) in [4.78, 5) is 0. The maximum absolute atomic E-state index is 6.32. The fraction of sp³-hybridized carbons (Fsp3) is 0.714. The summed E-state index contributed by atoms with van der Waals surface area (Å²) in [5, 5.41) is 1.38. The lowest BCUT2D eigenvalue weighted by Crippen LogP contribution is -3.00. The lowest BCUT2D eigenvalue weighted by Gasteiger charge is -2.30. The maximum atomic E-state index is 6.32. The van der Waals surface area contributed by atoms with Crippen molar-refractivity contribution in [3.05, 3.63) is 33.8 Å². The molecule has 0 spiro atoms. The highest BCUT2D eigenvalue weighted by molar-refractivity contribution is 6.42. The second-order valence-electron chi connectivity index (χ2n) is 7.71. The number of benzene rings is 1. The standard InChI is InChI=1S/C21H36Cl2N.ClH/c1-4-5-6-7-8-9-10-11-12-13-17-24(2,3)18-19-15-14-16-20(22)21(19)23;/h14-16H,4-13,17-18H2,1-3H3;1H/q+1;/p-1. The molecule has 0 aliphatic carbocycles. The van der Waals surface area contributed by atoms with E-state index in [0.29, 0.717) is 10.0 Å². The average Bonchev–Trinajstić information content (AvgIpc) is 2.53. The molecule has 1 aromatic carbocycles. The minimum absolute atomic E-state index is 0. The van der Waals surface area contributed by atoms with Gasteiger partial charge in [0.2, 0.25) is 0 Å². The molecule has 0 N–H and O–H groups in total. The molecule has 0 radical (unpaired) electrons. The van der Waals surface area contributed by atoms with Crippen molar-refractivity contribution in [3.63, 3.8) is 0 Å². The molecule has 1 nitrogen and oxygen atoms in total. The normalized spacial score (nSPS) is 11.4. The molecule has 0 bridgehead atoms. The molecule has 0 amide bonds. The maximum Gasteiger partial charge on any atom is 0.105 e. The van der Waals surface area contributed by atoms with Crippen molar-refractivity contribution in [2.45, 2.75) is 77.7 Å². The fourth-order valence-electron chi connectivity index (χ4n) is 3.24. The number of hydrogen-bond acceptors (Lipinski definition) is 0. The van der Waals surface area contributed by atoms with Gasteiger partial charge in [-0.15, -0.1) is 0 Å². The van der Waals surface area contributed by atoms with Crippen molar-refractivity contribution in [3.8, 4) is 0 Å². The first kappa shape index (κ1) is 25.1. The van der Waals surface area contributed by atoms with E-state index in [1.807, 2.05) is 12.1 Å². The zero-order chi connectivity index (χ0) is 17.8. The van der Waals surface area contributed by atoms with Crippen LogP contribution in [0.1, 0.15) is 76.7 Å². The van der Waals surface area contributed by atoms with Crippen molar-refractivity contribution in [1.29, 1.82) is 0 Å². The molecule has 0 unspecified atom stereocenters. The zero-order valence-corrected chi connectivity index (χ0v) is 18.6. The van der Waals surface area contributed by atoms with E-state index >= 15 is 0 Å². The zero-order valence-electron chi connectivity index (χ0n) is 16.3. The fourth-order valence-corrected chi connectivity index (χ4v) is 3.62. The van der Waals surface area contributed by atoms with Crippen LogP contribution in [0.5, 0.6) is 0 Å².